The number of thiophene rings is 1. The molecule has 1 aliphatic heterocycles. The highest BCUT2D eigenvalue weighted by molar-refractivity contribution is 7.12. The second kappa shape index (κ2) is 6.33. The van der Waals surface area contributed by atoms with E-state index in [-0.39, 0.29) is 0 Å². The Hall–Kier alpha value is -2.66. The van der Waals surface area contributed by atoms with E-state index in [1.165, 1.54) is 5.56 Å². The predicted molar refractivity (Wildman–Crippen MR) is 103 cm³/mol. The summed E-state index contributed by atoms with van der Waals surface area (Å²) < 4.78 is 5.84. The highest BCUT2D eigenvalue weighted by Crippen LogP contribution is 2.30. The smallest absolute Gasteiger partial charge is 0.164 e. The molecule has 2 aromatic heterocycles. The van der Waals surface area contributed by atoms with Crippen LogP contribution >= 0.6 is 11.3 Å². The number of hydrazone groups is 1. The monoisotopic (exact) mass is 349 g/mol. The summed E-state index contributed by atoms with van der Waals surface area (Å²) in [7, 11) is 0. The van der Waals surface area contributed by atoms with E-state index in [0.29, 0.717) is 5.92 Å². The molecule has 1 aromatic carbocycles. The van der Waals surface area contributed by atoms with Crippen LogP contribution in [-0.2, 0) is 0 Å². The Morgan fingerprint density at radius 3 is 2.68 bits per heavy atom. The summed E-state index contributed by atoms with van der Waals surface area (Å²) >= 11 is 1.64. The fourth-order valence-corrected chi connectivity index (χ4v) is 3.45. The Morgan fingerprint density at radius 1 is 1.12 bits per heavy atom. The lowest BCUT2D eigenvalue weighted by Gasteiger charge is -2.10. The van der Waals surface area contributed by atoms with E-state index in [9.17, 15) is 0 Å². The standard InChI is InChI=1S/C20H19N3OS/c1-12(2)14-7-8-16-15(11-14)19(17-9-6-13(3)24-17)22-23-20(21-16)18-5-4-10-25-18/h4-12H,1-3H3,(H,21,23). The number of amidine groups is 1. The molecule has 0 saturated heterocycles. The van der Waals surface area contributed by atoms with Crippen LogP contribution in [0.25, 0.3) is 0 Å². The zero-order chi connectivity index (χ0) is 17.4. The highest BCUT2D eigenvalue weighted by Gasteiger charge is 2.20. The van der Waals surface area contributed by atoms with E-state index in [1.807, 2.05) is 36.6 Å². The van der Waals surface area contributed by atoms with Crippen LogP contribution in [0.4, 0.5) is 5.69 Å². The van der Waals surface area contributed by atoms with Crippen LogP contribution in [0.5, 0.6) is 0 Å². The lowest BCUT2D eigenvalue weighted by Crippen LogP contribution is -2.18. The van der Waals surface area contributed by atoms with E-state index in [4.69, 9.17) is 9.41 Å². The Morgan fingerprint density at radius 2 is 2.00 bits per heavy atom. The van der Waals surface area contributed by atoms with Crippen molar-refractivity contribution in [3.8, 4) is 0 Å². The van der Waals surface area contributed by atoms with Gasteiger partial charge in [-0.2, -0.15) is 5.10 Å². The van der Waals surface area contributed by atoms with Crippen LogP contribution in [0.1, 0.15) is 47.3 Å². The van der Waals surface area contributed by atoms with Gasteiger partial charge in [0.2, 0.25) is 0 Å². The lowest BCUT2D eigenvalue weighted by molar-refractivity contribution is 0.525. The highest BCUT2D eigenvalue weighted by atomic mass is 32.1. The third-order valence-corrected chi connectivity index (χ3v) is 5.05. The minimum absolute atomic E-state index is 0.432. The summed E-state index contributed by atoms with van der Waals surface area (Å²) in [6, 6.07) is 14.3. The third kappa shape index (κ3) is 3.03. The van der Waals surface area contributed by atoms with E-state index in [0.717, 1.165) is 39.2 Å². The maximum Gasteiger partial charge on any atom is 0.164 e. The van der Waals surface area contributed by atoms with Gasteiger partial charge in [-0.25, -0.2) is 4.99 Å². The van der Waals surface area contributed by atoms with Crippen LogP contribution < -0.4 is 5.43 Å². The number of nitrogens with zero attached hydrogens (tertiary/aromatic N) is 2. The Bertz CT molecular complexity index is 965. The normalized spacial score (nSPS) is 13.8. The number of hydrogen-bond acceptors (Lipinski definition) is 5. The third-order valence-electron chi connectivity index (χ3n) is 4.18. The van der Waals surface area contributed by atoms with Crippen molar-refractivity contribution in [1.82, 2.24) is 5.43 Å². The van der Waals surface area contributed by atoms with Gasteiger partial charge in [-0.15, -0.1) is 11.3 Å². The van der Waals surface area contributed by atoms with E-state index < -0.39 is 0 Å². The first-order valence-electron chi connectivity index (χ1n) is 8.29. The number of hydrogen-bond donors (Lipinski definition) is 1. The predicted octanol–water partition coefficient (Wildman–Crippen LogP) is 5.21. The molecule has 3 aromatic rings. The van der Waals surface area contributed by atoms with Crippen molar-refractivity contribution in [2.45, 2.75) is 26.7 Å². The van der Waals surface area contributed by atoms with Crippen molar-refractivity contribution in [2.24, 2.45) is 10.1 Å². The van der Waals surface area contributed by atoms with Gasteiger partial charge < -0.3 is 4.42 Å². The van der Waals surface area contributed by atoms with Gasteiger partial charge in [0.25, 0.3) is 0 Å². The molecule has 4 nitrogen and oxygen atoms in total. The van der Waals surface area contributed by atoms with Gasteiger partial charge in [0.15, 0.2) is 11.6 Å². The molecule has 0 radical (unpaired) electrons. The van der Waals surface area contributed by atoms with Crippen LogP contribution in [0.3, 0.4) is 0 Å². The Labute approximate surface area is 150 Å². The van der Waals surface area contributed by atoms with Gasteiger partial charge in [-0.05, 0) is 54.1 Å². The van der Waals surface area contributed by atoms with Crippen LogP contribution in [-0.4, -0.2) is 11.5 Å². The van der Waals surface area contributed by atoms with E-state index >= 15 is 0 Å². The summed E-state index contributed by atoms with van der Waals surface area (Å²) in [6.07, 6.45) is 0. The summed E-state index contributed by atoms with van der Waals surface area (Å²) in [4.78, 5) is 5.88. The maximum absolute atomic E-state index is 5.84. The minimum Gasteiger partial charge on any atom is -0.460 e. The van der Waals surface area contributed by atoms with Crippen LogP contribution in [0.2, 0.25) is 0 Å². The van der Waals surface area contributed by atoms with Gasteiger partial charge in [0, 0.05) is 5.56 Å². The number of benzene rings is 1. The second-order valence-corrected chi connectivity index (χ2v) is 7.30. The SMILES string of the molecule is Cc1ccc(C2=NNC(c3cccs3)=Nc3ccc(C(C)C)cc32)o1. The summed E-state index contributed by atoms with van der Waals surface area (Å²) in [5, 5.41) is 6.67. The van der Waals surface area contributed by atoms with Crippen molar-refractivity contribution in [3.05, 3.63) is 75.4 Å². The van der Waals surface area contributed by atoms with Crippen molar-refractivity contribution in [3.63, 3.8) is 0 Å². The first kappa shape index (κ1) is 15.8. The fourth-order valence-electron chi connectivity index (χ4n) is 2.79. The lowest BCUT2D eigenvalue weighted by atomic mass is 9.97. The summed E-state index contributed by atoms with van der Waals surface area (Å²) in [5.41, 5.74) is 7.04. The van der Waals surface area contributed by atoms with Gasteiger partial charge in [-0.3, -0.25) is 5.43 Å². The molecule has 1 N–H and O–H groups in total. The molecule has 5 heteroatoms. The molecule has 4 rings (SSSR count). The summed E-state index contributed by atoms with van der Waals surface area (Å²) in [6.45, 7) is 6.31. The zero-order valence-corrected chi connectivity index (χ0v) is 15.2. The molecule has 0 amide bonds. The number of fused-ring (bicyclic) bond motifs is 1. The molecule has 0 atom stereocenters. The molecular formula is C20H19N3OS. The largest absolute Gasteiger partial charge is 0.460 e. The molecule has 0 spiro atoms. The maximum atomic E-state index is 5.84. The van der Waals surface area contributed by atoms with Gasteiger partial charge in [0.1, 0.15) is 11.5 Å². The average molecular weight is 349 g/mol. The molecule has 0 saturated carbocycles. The van der Waals surface area contributed by atoms with Crippen molar-refractivity contribution >= 4 is 28.6 Å². The second-order valence-electron chi connectivity index (χ2n) is 6.35. The van der Waals surface area contributed by atoms with Gasteiger partial charge in [-0.1, -0.05) is 26.0 Å². The number of furan rings is 1. The molecule has 126 valence electrons. The van der Waals surface area contributed by atoms with Crippen molar-refractivity contribution in [2.75, 3.05) is 0 Å². The number of aryl methyl sites for hydroxylation is 1. The topological polar surface area (TPSA) is 49.9 Å². The first-order valence-corrected chi connectivity index (χ1v) is 9.17. The minimum atomic E-state index is 0.432. The quantitative estimate of drug-likeness (QED) is 0.706. The average Bonchev–Trinajstić information content (AvgIpc) is 3.23. The van der Waals surface area contributed by atoms with Crippen LogP contribution in [0.15, 0.2) is 62.4 Å². The number of nitrogens with one attached hydrogen (secondary N) is 1. The first-order chi connectivity index (χ1) is 12.1. The molecule has 0 bridgehead atoms. The fraction of sp³-hybridized carbons (Fsp3) is 0.200. The van der Waals surface area contributed by atoms with Crippen molar-refractivity contribution < 1.29 is 4.42 Å². The molecule has 0 fully saturated rings. The number of rotatable bonds is 3. The van der Waals surface area contributed by atoms with E-state index in [1.54, 1.807) is 11.3 Å². The van der Waals surface area contributed by atoms with Gasteiger partial charge >= 0.3 is 0 Å². The van der Waals surface area contributed by atoms with Gasteiger partial charge in [0.05, 0.1) is 10.6 Å². The van der Waals surface area contributed by atoms with E-state index in [2.05, 4.69) is 42.6 Å². The Kier molecular flexibility index (Phi) is 4.01. The molecule has 1 aliphatic rings. The Balaban J connectivity index is 1.89. The molecule has 0 unspecified atom stereocenters. The zero-order valence-electron chi connectivity index (χ0n) is 14.4. The molecular weight excluding hydrogens is 330 g/mol. The molecule has 0 aliphatic carbocycles. The molecule has 3 heterocycles. The van der Waals surface area contributed by atoms with Crippen LogP contribution in [0, 0.1) is 6.92 Å². The number of aliphatic imine (C=N–C) groups is 1. The van der Waals surface area contributed by atoms with Crippen molar-refractivity contribution in [1.29, 1.82) is 0 Å². The summed E-state index contributed by atoms with van der Waals surface area (Å²) in [5.74, 6) is 2.80. The molecule has 25 heavy (non-hydrogen) atoms.